The molecule has 1 unspecified atom stereocenters. The van der Waals surface area contributed by atoms with Crippen LogP contribution in [0.1, 0.15) is 19.3 Å². The third kappa shape index (κ3) is 2.74. The summed E-state index contributed by atoms with van der Waals surface area (Å²) in [5.41, 5.74) is 2.75. The van der Waals surface area contributed by atoms with E-state index in [1.807, 2.05) is 30.3 Å². The quantitative estimate of drug-likeness (QED) is 0.578. The normalized spacial score (nSPS) is 17.4. The van der Waals surface area contributed by atoms with Gasteiger partial charge in [-0.2, -0.15) is 0 Å². The molecule has 0 radical (unpaired) electrons. The van der Waals surface area contributed by atoms with E-state index in [-0.39, 0.29) is 0 Å². The summed E-state index contributed by atoms with van der Waals surface area (Å²) in [5.74, 6) is 0.799. The number of nitrogens with zero attached hydrogens (tertiary/aromatic N) is 2. The first-order valence-corrected chi connectivity index (χ1v) is 8.19. The van der Waals surface area contributed by atoms with Crippen LogP contribution in [0.4, 0.5) is 5.69 Å². The zero-order valence-electron chi connectivity index (χ0n) is 13.2. The number of aromatic nitrogens is 3. The smallest absolute Gasteiger partial charge is 0.138 e. The van der Waals surface area contributed by atoms with Gasteiger partial charge in [0.25, 0.3) is 0 Å². The molecule has 1 aliphatic carbocycles. The number of aliphatic hydroxyl groups is 2. The van der Waals surface area contributed by atoms with Gasteiger partial charge >= 0.3 is 0 Å². The highest BCUT2D eigenvalue weighted by Crippen LogP contribution is 2.34. The second-order valence-corrected chi connectivity index (χ2v) is 6.41. The molecule has 3 aromatic rings. The lowest BCUT2D eigenvalue weighted by atomic mass is 9.76. The first-order chi connectivity index (χ1) is 11.6. The molecule has 1 aromatic carbocycles. The number of fused-ring (bicyclic) bond motifs is 1. The molecule has 2 aromatic heterocycles. The number of nitrogens with one attached hydrogen (secondary N) is 2. The molecule has 124 valence electrons. The summed E-state index contributed by atoms with van der Waals surface area (Å²) in [6, 6.07) is 9.64. The summed E-state index contributed by atoms with van der Waals surface area (Å²) < 4.78 is 0. The minimum absolute atomic E-state index is 0.327. The average Bonchev–Trinajstić information content (AvgIpc) is 3.01. The highest BCUT2D eigenvalue weighted by Gasteiger charge is 2.41. The van der Waals surface area contributed by atoms with Gasteiger partial charge in [0.1, 0.15) is 5.82 Å². The highest BCUT2D eigenvalue weighted by atomic mass is 16.3. The molecule has 1 saturated carbocycles. The van der Waals surface area contributed by atoms with Crippen LogP contribution in [0, 0.1) is 0 Å². The lowest BCUT2D eigenvalue weighted by Gasteiger charge is -2.40. The number of H-pyrrole nitrogens is 1. The van der Waals surface area contributed by atoms with Crippen molar-refractivity contribution in [1.82, 2.24) is 15.0 Å². The van der Waals surface area contributed by atoms with Crippen LogP contribution in [0.15, 0.2) is 42.7 Å². The Morgan fingerprint density at radius 1 is 1.21 bits per heavy atom. The predicted molar refractivity (Wildman–Crippen MR) is 92.6 cm³/mol. The van der Waals surface area contributed by atoms with E-state index in [1.165, 1.54) is 0 Å². The van der Waals surface area contributed by atoms with Crippen LogP contribution >= 0.6 is 0 Å². The standard InChI is InChI=1S/C18H20N4O2/c23-16(18(24)6-1-7-18)11-20-13-2-3-14-15(10-13)22-17(21-14)12-4-8-19-9-5-12/h2-5,8-10,16,20,23-24H,1,6-7,11H2,(H,21,22). The molecule has 0 bridgehead atoms. The second kappa shape index (κ2) is 5.89. The van der Waals surface area contributed by atoms with E-state index >= 15 is 0 Å². The fourth-order valence-corrected chi connectivity index (χ4v) is 3.04. The van der Waals surface area contributed by atoms with Gasteiger partial charge in [-0.25, -0.2) is 4.98 Å². The Bertz CT molecular complexity index is 843. The lowest BCUT2D eigenvalue weighted by molar-refractivity contribution is -0.119. The minimum Gasteiger partial charge on any atom is -0.388 e. The summed E-state index contributed by atoms with van der Waals surface area (Å²) >= 11 is 0. The minimum atomic E-state index is -0.917. The molecule has 0 aliphatic heterocycles. The molecule has 1 aliphatic rings. The molecule has 2 heterocycles. The second-order valence-electron chi connectivity index (χ2n) is 6.41. The Balaban J connectivity index is 1.51. The topological polar surface area (TPSA) is 94.1 Å². The summed E-state index contributed by atoms with van der Waals surface area (Å²) in [6.07, 6.45) is 5.04. The Kier molecular flexibility index (Phi) is 3.70. The van der Waals surface area contributed by atoms with Crippen molar-refractivity contribution in [3.05, 3.63) is 42.7 Å². The predicted octanol–water partition coefficient (Wildman–Crippen LogP) is 2.31. The van der Waals surface area contributed by atoms with E-state index in [2.05, 4.69) is 20.3 Å². The van der Waals surface area contributed by atoms with Gasteiger partial charge in [-0.1, -0.05) is 0 Å². The van der Waals surface area contributed by atoms with Gasteiger partial charge in [0, 0.05) is 30.2 Å². The molecule has 24 heavy (non-hydrogen) atoms. The fourth-order valence-electron chi connectivity index (χ4n) is 3.04. The van der Waals surface area contributed by atoms with E-state index in [1.54, 1.807) is 12.4 Å². The van der Waals surface area contributed by atoms with Gasteiger partial charge in [-0.15, -0.1) is 0 Å². The van der Waals surface area contributed by atoms with Crippen LogP contribution in [0.2, 0.25) is 0 Å². The molecule has 6 nitrogen and oxygen atoms in total. The van der Waals surface area contributed by atoms with E-state index in [0.29, 0.717) is 19.4 Å². The number of hydrogen-bond donors (Lipinski definition) is 4. The number of rotatable bonds is 5. The number of aromatic amines is 1. The largest absolute Gasteiger partial charge is 0.388 e. The first kappa shape index (κ1) is 15.1. The van der Waals surface area contributed by atoms with Crippen LogP contribution in [-0.4, -0.2) is 43.4 Å². The number of anilines is 1. The lowest BCUT2D eigenvalue weighted by Crippen LogP contribution is -2.51. The number of imidazole rings is 1. The van der Waals surface area contributed by atoms with Crippen molar-refractivity contribution < 1.29 is 10.2 Å². The number of benzene rings is 1. The van der Waals surface area contributed by atoms with E-state index < -0.39 is 11.7 Å². The fraction of sp³-hybridized carbons (Fsp3) is 0.333. The van der Waals surface area contributed by atoms with Crippen LogP contribution in [0.5, 0.6) is 0 Å². The molecular formula is C18H20N4O2. The van der Waals surface area contributed by atoms with Gasteiger partial charge in [-0.3, -0.25) is 4.98 Å². The molecule has 0 saturated heterocycles. The highest BCUT2D eigenvalue weighted by molar-refractivity contribution is 5.82. The molecule has 4 rings (SSSR count). The van der Waals surface area contributed by atoms with Gasteiger partial charge in [0.15, 0.2) is 0 Å². The maximum Gasteiger partial charge on any atom is 0.138 e. The molecule has 0 amide bonds. The van der Waals surface area contributed by atoms with Crippen LogP contribution in [0.25, 0.3) is 22.4 Å². The number of pyridine rings is 1. The van der Waals surface area contributed by atoms with E-state index in [4.69, 9.17) is 0 Å². The van der Waals surface area contributed by atoms with Crippen molar-refractivity contribution in [3.8, 4) is 11.4 Å². The van der Waals surface area contributed by atoms with Gasteiger partial charge in [0.05, 0.1) is 22.7 Å². The van der Waals surface area contributed by atoms with Crippen LogP contribution in [0.3, 0.4) is 0 Å². The average molecular weight is 324 g/mol. The monoisotopic (exact) mass is 324 g/mol. The summed E-state index contributed by atoms with van der Waals surface area (Å²) in [6.45, 7) is 0.327. The Morgan fingerprint density at radius 3 is 2.71 bits per heavy atom. The van der Waals surface area contributed by atoms with E-state index in [0.717, 1.165) is 34.5 Å². The third-order valence-electron chi connectivity index (χ3n) is 4.77. The van der Waals surface area contributed by atoms with Crippen LogP contribution in [-0.2, 0) is 0 Å². The third-order valence-corrected chi connectivity index (χ3v) is 4.77. The molecule has 0 spiro atoms. The van der Waals surface area contributed by atoms with Crippen molar-refractivity contribution in [2.75, 3.05) is 11.9 Å². The summed E-state index contributed by atoms with van der Waals surface area (Å²) in [5, 5.41) is 23.5. The summed E-state index contributed by atoms with van der Waals surface area (Å²) in [4.78, 5) is 11.9. The summed E-state index contributed by atoms with van der Waals surface area (Å²) in [7, 11) is 0. The van der Waals surface area contributed by atoms with Crippen molar-refractivity contribution in [2.45, 2.75) is 31.0 Å². The first-order valence-electron chi connectivity index (χ1n) is 8.19. The van der Waals surface area contributed by atoms with Crippen molar-refractivity contribution in [2.24, 2.45) is 0 Å². The van der Waals surface area contributed by atoms with E-state index in [9.17, 15) is 10.2 Å². The van der Waals surface area contributed by atoms with Gasteiger partial charge in [0.2, 0.25) is 0 Å². The molecule has 6 heteroatoms. The Morgan fingerprint density at radius 2 is 2.00 bits per heavy atom. The van der Waals surface area contributed by atoms with Crippen LogP contribution < -0.4 is 5.32 Å². The molecule has 4 N–H and O–H groups in total. The van der Waals surface area contributed by atoms with Gasteiger partial charge in [-0.05, 0) is 49.6 Å². The number of aliphatic hydroxyl groups excluding tert-OH is 1. The van der Waals surface area contributed by atoms with Gasteiger partial charge < -0.3 is 20.5 Å². The van der Waals surface area contributed by atoms with Crippen molar-refractivity contribution in [1.29, 1.82) is 0 Å². The number of hydrogen-bond acceptors (Lipinski definition) is 5. The zero-order valence-corrected chi connectivity index (χ0v) is 13.2. The molecular weight excluding hydrogens is 304 g/mol. The van der Waals surface area contributed by atoms with Crippen molar-refractivity contribution >= 4 is 16.7 Å². The Labute approximate surface area is 139 Å². The van der Waals surface area contributed by atoms with Crippen molar-refractivity contribution in [3.63, 3.8) is 0 Å². The molecule has 1 fully saturated rings. The molecule has 1 atom stereocenters. The zero-order chi connectivity index (χ0) is 16.6. The maximum atomic E-state index is 10.1. The maximum absolute atomic E-state index is 10.1. The SMILES string of the molecule is OC(CNc1ccc2nc(-c3ccncc3)[nH]c2c1)C1(O)CCC1. The Hall–Kier alpha value is -2.44.